The predicted octanol–water partition coefficient (Wildman–Crippen LogP) is 8.03. The van der Waals surface area contributed by atoms with E-state index in [0.29, 0.717) is 19.3 Å². The number of carbonyl (C=O) groups is 3. The second kappa shape index (κ2) is 26.0. The second-order valence-electron chi connectivity index (χ2n) is 9.71. The van der Waals surface area contributed by atoms with Crippen LogP contribution >= 0.6 is 0 Å². The van der Waals surface area contributed by atoms with Crippen LogP contribution in [0.2, 0.25) is 0 Å². The van der Waals surface area contributed by atoms with Crippen LogP contribution in [0.15, 0.2) is 0 Å². The van der Waals surface area contributed by atoms with Crippen molar-refractivity contribution in [2.45, 2.75) is 161 Å². The first-order chi connectivity index (χ1) is 16.6. The maximum Gasteiger partial charge on any atom is 0.332 e. The van der Waals surface area contributed by atoms with Crippen molar-refractivity contribution in [1.82, 2.24) is 5.48 Å². The zero-order chi connectivity index (χ0) is 25.1. The molecule has 0 aliphatic carbocycles. The van der Waals surface area contributed by atoms with Crippen LogP contribution in [0.4, 0.5) is 0 Å². The topological polar surface area (TPSA) is 92.7 Å². The molecule has 0 heterocycles. The van der Waals surface area contributed by atoms with Gasteiger partial charge in [-0.05, 0) is 19.3 Å². The van der Waals surface area contributed by atoms with Gasteiger partial charge in [0.05, 0.1) is 0 Å². The Bertz CT molecular complexity index is 495. The molecule has 0 saturated carbocycles. The average molecular weight is 484 g/mol. The zero-order valence-corrected chi connectivity index (χ0v) is 22.1. The van der Waals surface area contributed by atoms with E-state index < -0.39 is 11.9 Å². The molecular weight excluding hydrogens is 430 g/mol. The van der Waals surface area contributed by atoms with Gasteiger partial charge in [-0.15, -0.1) is 0 Å². The number of unbranched alkanes of at least 4 members (excludes halogenated alkanes) is 19. The molecule has 0 radical (unpaired) electrons. The molecule has 6 nitrogen and oxygen atoms in total. The molecule has 0 spiro atoms. The van der Waals surface area contributed by atoms with E-state index >= 15 is 0 Å². The minimum Gasteiger partial charge on any atom is -0.481 e. The minimum atomic E-state index is -0.746. The molecular formula is C28H53NO5. The second-order valence-corrected chi connectivity index (χ2v) is 9.71. The van der Waals surface area contributed by atoms with Gasteiger partial charge in [-0.25, -0.2) is 4.79 Å². The third-order valence-corrected chi connectivity index (χ3v) is 6.31. The fourth-order valence-corrected chi connectivity index (χ4v) is 4.13. The lowest BCUT2D eigenvalue weighted by Gasteiger charge is -2.06. The molecule has 0 fully saturated rings. The third-order valence-electron chi connectivity index (χ3n) is 6.31. The highest BCUT2D eigenvalue weighted by atomic mass is 16.7. The van der Waals surface area contributed by atoms with Gasteiger partial charge in [-0.2, -0.15) is 5.48 Å². The van der Waals surface area contributed by atoms with Gasteiger partial charge < -0.3 is 9.94 Å². The Balaban J connectivity index is 3.29. The van der Waals surface area contributed by atoms with Gasteiger partial charge in [0.25, 0.3) is 5.91 Å². The Morgan fingerprint density at radius 2 is 0.882 bits per heavy atom. The first kappa shape index (κ1) is 32.4. The fourth-order valence-electron chi connectivity index (χ4n) is 4.13. The van der Waals surface area contributed by atoms with Crippen molar-refractivity contribution in [1.29, 1.82) is 0 Å². The van der Waals surface area contributed by atoms with Gasteiger partial charge in [0, 0.05) is 19.3 Å². The van der Waals surface area contributed by atoms with Crippen molar-refractivity contribution < 1.29 is 24.3 Å². The van der Waals surface area contributed by atoms with Crippen LogP contribution in [0.3, 0.4) is 0 Å². The number of carbonyl (C=O) groups excluding carboxylic acids is 2. The maximum absolute atomic E-state index is 11.8. The fraction of sp³-hybridized carbons (Fsp3) is 0.893. The average Bonchev–Trinajstić information content (AvgIpc) is 2.81. The summed E-state index contributed by atoms with van der Waals surface area (Å²) in [6, 6.07) is 0. The highest BCUT2D eigenvalue weighted by Gasteiger charge is 2.07. The SMILES string of the molecule is CCCCCCCCCCCCCCCCCC(=O)NOC(=O)CCCCCCCCC(=O)O. The zero-order valence-electron chi connectivity index (χ0n) is 22.1. The largest absolute Gasteiger partial charge is 0.481 e. The molecule has 0 unspecified atom stereocenters. The Kier molecular flexibility index (Phi) is 24.8. The molecule has 0 bridgehead atoms. The number of aliphatic carboxylic acids is 1. The summed E-state index contributed by atoms with van der Waals surface area (Å²) in [6.45, 7) is 2.26. The number of nitrogens with one attached hydrogen (secondary N) is 1. The van der Waals surface area contributed by atoms with Crippen LogP contribution in [0, 0.1) is 0 Å². The molecule has 0 aliphatic heterocycles. The van der Waals surface area contributed by atoms with Crippen LogP contribution in [0.5, 0.6) is 0 Å². The number of rotatable bonds is 25. The summed E-state index contributed by atoms with van der Waals surface area (Å²) in [4.78, 5) is 38.7. The minimum absolute atomic E-state index is 0.221. The molecule has 0 aliphatic rings. The summed E-state index contributed by atoms with van der Waals surface area (Å²) in [5.41, 5.74) is 2.27. The van der Waals surface area contributed by atoms with E-state index in [-0.39, 0.29) is 12.3 Å². The molecule has 2 N–H and O–H groups in total. The van der Waals surface area contributed by atoms with Crippen LogP contribution in [-0.4, -0.2) is 23.0 Å². The van der Waals surface area contributed by atoms with Crippen LogP contribution in [-0.2, 0) is 19.2 Å². The Labute approximate surface area is 208 Å². The number of hydroxylamine groups is 1. The van der Waals surface area contributed by atoms with Gasteiger partial charge in [0.2, 0.25) is 0 Å². The van der Waals surface area contributed by atoms with E-state index in [1.54, 1.807) is 0 Å². The molecule has 0 aromatic rings. The predicted molar refractivity (Wildman–Crippen MR) is 138 cm³/mol. The highest BCUT2D eigenvalue weighted by Crippen LogP contribution is 2.14. The van der Waals surface area contributed by atoms with Crippen molar-refractivity contribution >= 4 is 17.8 Å². The standard InChI is InChI=1S/C28H53NO5/c1-2-3-4-5-6-7-8-9-10-11-12-13-14-17-20-23-26(30)29-34-28(33)25-22-19-16-15-18-21-24-27(31)32/h2-25H2,1H3,(H,29,30)(H,31,32). The summed E-state index contributed by atoms with van der Waals surface area (Å²) < 4.78 is 0. The van der Waals surface area contributed by atoms with E-state index in [1.165, 1.54) is 83.5 Å². The number of hydrogen-bond donors (Lipinski definition) is 2. The molecule has 0 aromatic carbocycles. The van der Waals surface area contributed by atoms with E-state index in [1.807, 2.05) is 0 Å². The molecule has 34 heavy (non-hydrogen) atoms. The molecule has 0 saturated heterocycles. The van der Waals surface area contributed by atoms with Crippen molar-refractivity contribution in [3.63, 3.8) is 0 Å². The summed E-state index contributed by atoms with van der Waals surface area (Å²) in [5.74, 6) is -1.36. The van der Waals surface area contributed by atoms with E-state index in [0.717, 1.165) is 44.9 Å². The van der Waals surface area contributed by atoms with Gasteiger partial charge >= 0.3 is 11.9 Å². The molecule has 6 heteroatoms. The number of carboxylic acid groups (broad SMARTS) is 1. The van der Waals surface area contributed by atoms with Gasteiger partial charge in [0.15, 0.2) is 0 Å². The summed E-state index contributed by atoms with van der Waals surface area (Å²) in [6.07, 6.45) is 25.5. The van der Waals surface area contributed by atoms with Crippen molar-refractivity contribution in [3.05, 3.63) is 0 Å². The van der Waals surface area contributed by atoms with Gasteiger partial charge in [-0.3, -0.25) is 9.59 Å². The summed E-state index contributed by atoms with van der Waals surface area (Å²) in [7, 11) is 0. The molecule has 1 amide bonds. The lowest BCUT2D eigenvalue weighted by molar-refractivity contribution is -0.158. The Morgan fingerprint density at radius 1 is 0.529 bits per heavy atom. The van der Waals surface area contributed by atoms with Crippen LogP contribution < -0.4 is 5.48 Å². The Hall–Kier alpha value is -1.59. The van der Waals surface area contributed by atoms with E-state index in [9.17, 15) is 14.4 Å². The molecule has 200 valence electrons. The first-order valence-electron chi connectivity index (χ1n) is 14.3. The summed E-state index contributed by atoms with van der Waals surface area (Å²) in [5, 5.41) is 8.57. The lowest BCUT2D eigenvalue weighted by Crippen LogP contribution is -2.26. The Morgan fingerprint density at radius 3 is 1.29 bits per heavy atom. The van der Waals surface area contributed by atoms with Gasteiger partial charge in [-0.1, -0.05) is 122 Å². The van der Waals surface area contributed by atoms with Crippen LogP contribution in [0.1, 0.15) is 161 Å². The van der Waals surface area contributed by atoms with Crippen molar-refractivity contribution in [2.24, 2.45) is 0 Å². The van der Waals surface area contributed by atoms with Crippen molar-refractivity contribution in [2.75, 3.05) is 0 Å². The number of carboxylic acids is 1. The number of amides is 1. The summed E-state index contributed by atoms with van der Waals surface area (Å²) >= 11 is 0. The first-order valence-corrected chi connectivity index (χ1v) is 14.3. The van der Waals surface area contributed by atoms with Gasteiger partial charge in [0.1, 0.15) is 0 Å². The van der Waals surface area contributed by atoms with Crippen molar-refractivity contribution in [3.8, 4) is 0 Å². The number of hydrogen-bond acceptors (Lipinski definition) is 4. The van der Waals surface area contributed by atoms with E-state index in [2.05, 4.69) is 12.4 Å². The lowest BCUT2D eigenvalue weighted by atomic mass is 10.0. The normalized spacial score (nSPS) is 10.9. The molecule has 0 aromatic heterocycles. The molecule has 0 atom stereocenters. The highest BCUT2D eigenvalue weighted by molar-refractivity contribution is 5.77. The smallest absolute Gasteiger partial charge is 0.332 e. The quantitative estimate of drug-likeness (QED) is 0.101. The van der Waals surface area contributed by atoms with Crippen LogP contribution in [0.25, 0.3) is 0 Å². The molecule has 0 rings (SSSR count). The monoisotopic (exact) mass is 483 g/mol. The third kappa shape index (κ3) is 26.7. The maximum atomic E-state index is 11.8. The van der Waals surface area contributed by atoms with E-state index in [4.69, 9.17) is 9.94 Å².